The lowest BCUT2D eigenvalue weighted by atomic mass is 9.99. The van der Waals surface area contributed by atoms with E-state index in [2.05, 4.69) is 5.32 Å². The molecule has 0 atom stereocenters. The third-order valence-electron chi connectivity index (χ3n) is 6.28. The first-order valence-electron chi connectivity index (χ1n) is 11.9. The van der Waals surface area contributed by atoms with E-state index in [-0.39, 0.29) is 29.0 Å². The number of halogens is 1. The number of para-hydroxylation sites is 1. The van der Waals surface area contributed by atoms with Crippen LogP contribution in [0, 0.1) is 5.82 Å². The zero-order chi connectivity index (χ0) is 25.8. The Hall–Kier alpha value is -4.23. The van der Waals surface area contributed by atoms with Crippen molar-refractivity contribution in [2.75, 3.05) is 0 Å². The molecule has 5 nitrogen and oxygen atoms in total. The number of carbonyl (C=O) groups is 1. The van der Waals surface area contributed by atoms with E-state index in [1.165, 1.54) is 24.4 Å². The van der Waals surface area contributed by atoms with Gasteiger partial charge in [0.1, 0.15) is 12.4 Å². The van der Waals surface area contributed by atoms with Gasteiger partial charge >= 0.3 is 0 Å². The van der Waals surface area contributed by atoms with Crippen LogP contribution >= 0.6 is 0 Å². The van der Waals surface area contributed by atoms with Gasteiger partial charge in [-0.05, 0) is 23.3 Å². The van der Waals surface area contributed by atoms with E-state index in [1.54, 1.807) is 34.9 Å². The highest BCUT2D eigenvalue weighted by Crippen LogP contribution is 2.29. The number of hydrogen-bond donors (Lipinski definition) is 1. The summed E-state index contributed by atoms with van der Waals surface area (Å²) in [4.78, 5) is 13.3. The zero-order valence-corrected chi connectivity index (χ0v) is 20.7. The predicted molar refractivity (Wildman–Crippen MR) is 142 cm³/mol. The molecule has 0 saturated carbocycles. The normalized spacial score (nSPS) is 11.6. The topological polar surface area (TPSA) is 68.2 Å². The van der Waals surface area contributed by atoms with Crippen molar-refractivity contribution in [3.8, 4) is 0 Å². The maximum absolute atomic E-state index is 14.2. The number of sulfone groups is 1. The fraction of sp³-hybridized carbons (Fsp3) is 0.100. The number of amides is 1. The molecule has 1 heterocycles. The fourth-order valence-corrected chi connectivity index (χ4v) is 6.10. The molecule has 0 spiro atoms. The van der Waals surface area contributed by atoms with Crippen molar-refractivity contribution in [1.82, 2.24) is 9.88 Å². The zero-order valence-electron chi connectivity index (χ0n) is 19.9. The summed E-state index contributed by atoms with van der Waals surface area (Å²) in [5.74, 6) is -1.30. The molecule has 1 aromatic heterocycles. The van der Waals surface area contributed by atoms with Crippen molar-refractivity contribution in [3.05, 3.63) is 138 Å². The van der Waals surface area contributed by atoms with Gasteiger partial charge in [-0.25, -0.2) is 12.8 Å². The van der Waals surface area contributed by atoms with Crippen molar-refractivity contribution in [1.29, 1.82) is 0 Å². The van der Waals surface area contributed by atoms with Crippen LogP contribution < -0.4 is 5.32 Å². The Morgan fingerprint density at radius 3 is 2.00 bits per heavy atom. The van der Waals surface area contributed by atoms with Crippen LogP contribution in [0.3, 0.4) is 0 Å². The van der Waals surface area contributed by atoms with Crippen LogP contribution in [0.2, 0.25) is 0 Å². The highest BCUT2D eigenvalue weighted by molar-refractivity contribution is 7.90. The largest absolute Gasteiger partial charge is 0.344 e. The lowest BCUT2D eigenvalue weighted by Crippen LogP contribution is -2.32. The van der Waals surface area contributed by atoms with Gasteiger partial charge in [0.15, 0.2) is 9.84 Å². The minimum atomic E-state index is -3.88. The van der Waals surface area contributed by atoms with Gasteiger partial charge in [0, 0.05) is 22.7 Å². The molecule has 0 radical (unpaired) electrons. The van der Waals surface area contributed by atoms with E-state index >= 15 is 0 Å². The lowest BCUT2D eigenvalue weighted by molar-refractivity contribution is -0.122. The van der Waals surface area contributed by atoms with Crippen LogP contribution in [0.4, 0.5) is 4.39 Å². The maximum Gasteiger partial charge on any atom is 0.240 e. The Morgan fingerprint density at radius 1 is 0.784 bits per heavy atom. The van der Waals surface area contributed by atoms with E-state index in [4.69, 9.17) is 0 Å². The number of hydrogen-bond acceptors (Lipinski definition) is 3. The number of fused-ring (bicyclic) bond motifs is 1. The molecule has 37 heavy (non-hydrogen) atoms. The SMILES string of the molecule is O=C(Cn1cc(S(=O)(=O)Cc2ccccc2F)c2ccccc21)NC(c1ccccc1)c1ccccc1. The number of aromatic nitrogens is 1. The van der Waals surface area contributed by atoms with E-state index in [9.17, 15) is 17.6 Å². The molecule has 0 aliphatic heterocycles. The molecule has 7 heteroatoms. The summed E-state index contributed by atoms with van der Waals surface area (Å²) in [7, 11) is -3.88. The van der Waals surface area contributed by atoms with Gasteiger partial charge in [-0.1, -0.05) is 97.1 Å². The summed E-state index contributed by atoms with van der Waals surface area (Å²) >= 11 is 0. The molecule has 5 aromatic rings. The fourth-order valence-electron chi connectivity index (χ4n) is 4.50. The van der Waals surface area contributed by atoms with Crippen molar-refractivity contribution in [3.63, 3.8) is 0 Å². The van der Waals surface area contributed by atoms with Crippen LogP contribution in [-0.2, 0) is 26.9 Å². The molecule has 0 saturated heterocycles. The number of benzene rings is 4. The van der Waals surface area contributed by atoms with E-state index in [0.29, 0.717) is 10.9 Å². The minimum Gasteiger partial charge on any atom is -0.344 e. The molecule has 0 unspecified atom stereocenters. The lowest BCUT2D eigenvalue weighted by Gasteiger charge is -2.20. The molecule has 0 bridgehead atoms. The highest BCUT2D eigenvalue weighted by atomic mass is 32.2. The molecule has 5 rings (SSSR count). The molecule has 1 amide bonds. The van der Waals surface area contributed by atoms with E-state index in [0.717, 1.165) is 11.1 Å². The summed E-state index contributed by atoms with van der Waals surface area (Å²) in [6.07, 6.45) is 1.47. The second-order valence-corrected chi connectivity index (χ2v) is 10.8. The quantitative estimate of drug-likeness (QED) is 0.292. The van der Waals surface area contributed by atoms with Crippen LogP contribution in [0.5, 0.6) is 0 Å². The Morgan fingerprint density at radius 2 is 1.35 bits per heavy atom. The Labute approximate surface area is 215 Å². The molecule has 0 aliphatic rings. The highest BCUT2D eigenvalue weighted by Gasteiger charge is 2.24. The third kappa shape index (κ3) is 5.32. The molecule has 4 aromatic carbocycles. The van der Waals surface area contributed by atoms with Gasteiger partial charge in [0.05, 0.1) is 16.7 Å². The molecule has 0 fully saturated rings. The van der Waals surface area contributed by atoms with Crippen molar-refractivity contribution in [2.24, 2.45) is 0 Å². The van der Waals surface area contributed by atoms with Crippen molar-refractivity contribution < 1.29 is 17.6 Å². The molecular formula is C30H25FN2O3S. The number of rotatable bonds is 8. The average molecular weight is 513 g/mol. The number of carbonyl (C=O) groups excluding carboxylic acids is 1. The van der Waals surface area contributed by atoms with Gasteiger partial charge in [-0.15, -0.1) is 0 Å². The predicted octanol–water partition coefficient (Wildman–Crippen LogP) is 5.66. The summed E-state index contributed by atoms with van der Waals surface area (Å²) < 4.78 is 42.5. The summed E-state index contributed by atoms with van der Waals surface area (Å²) in [5.41, 5.74) is 2.59. The van der Waals surface area contributed by atoms with Crippen LogP contribution in [0.1, 0.15) is 22.7 Å². The average Bonchev–Trinajstić information content (AvgIpc) is 3.29. The Balaban J connectivity index is 1.45. The Kier molecular flexibility index (Phi) is 6.88. The Bertz CT molecular complexity index is 1610. The van der Waals surface area contributed by atoms with Crippen LogP contribution in [0.15, 0.2) is 120 Å². The summed E-state index contributed by atoms with van der Waals surface area (Å²) in [5, 5.41) is 3.59. The molecular weight excluding hydrogens is 487 g/mol. The maximum atomic E-state index is 14.2. The second-order valence-electron chi connectivity index (χ2n) is 8.81. The number of nitrogens with one attached hydrogen (secondary N) is 1. The van der Waals surface area contributed by atoms with Crippen molar-refractivity contribution >= 4 is 26.6 Å². The molecule has 186 valence electrons. The van der Waals surface area contributed by atoms with Gasteiger partial charge in [-0.3, -0.25) is 4.79 Å². The van der Waals surface area contributed by atoms with Crippen LogP contribution in [-0.4, -0.2) is 18.9 Å². The second kappa shape index (κ2) is 10.4. The smallest absolute Gasteiger partial charge is 0.240 e. The molecule has 1 N–H and O–H groups in total. The minimum absolute atomic E-state index is 0.0711. The van der Waals surface area contributed by atoms with Crippen LogP contribution in [0.25, 0.3) is 10.9 Å². The first-order chi connectivity index (χ1) is 17.9. The third-order valence-corrected chi connectivity index (χ3v) is 7.96. The van der Waals surface area contributed by atoms with Gasteiger partial charge in [-0.2, -0.15) is 0 Å². The first-order valence-corrected chi connectivity index (χ1v) is 13.5. The van der Waals surface area contributed by atoms with Crippen molar-refractivity contribution in [2.45, 2.75) is 23.2 Å². The first kappa shape index (κ1) is 24.5. The molecule has 0 aliphatic carbocycles. The monoisotopic (exact) mass is 512 g/mol. The van der Waals surface area contributed by atoms with Gasteiger partial charge < -0.3 is 9.88 Å². The van der Waals surface area contributed by atoms with Gasteiger partial charge in [0.25, 0.3) is 0 Å². The number of nitrogens with zero attached hydrogens (tertiary/aromatic N) is 1. The summed E-state index contributed by atoms with van der Waals surface area (Å²) in [6, 6.07) is 31.8. The summed E-state index contributed by atoms with van der Waals surface area (Å²) in [6.45, 7) is -0.0775. The standard InChI is InChI=1S/C30H25FN2O3S/c31-26-17-9-7-15-24(26)21-37(35,36)28-19-33(27-18-10-8-16-25(27)28)20-29(34)32-30(22-11-3-1-4-12-22)23-13-5-2-6-14-23/h1-19,30H,20-21H2,(H,32,34). The van der Waals surface area contributed by atoms with E-state index in [1.807, 2.05) is 60.7 Å². The van der Waals surface area contributed by atoms with Gasteiger partial charge in [0.2, 0.25) is 5.91 Å². The van der Waals surface area contributed by atoms with E-state index < -0.39 is 21.4 Å².